The van der Waals surface area contributed by atoms with Crippen molar-refractivity contribution in [2.75, 3.05) is 7.05 Å². The Morgan fingerprint density at radius 1 is 1.41 bits per heavy atom. The highest BCUT2D eigenvalue weighted by Crippen LogP contribution is 2.20. The molecule has 0 radical (unpaired) electrons. The Hall–Kier alpha value is -1.36. The van der Waals surface area contributed by atoms with Gasteiger partial charge in [-0.2, -0.15) is 0 Å². The van der Waals surface area contributed by atoms with E-state index in [-0.39, 0.29) is 5.91 Å². The number of carboxylic acid groups (broad SMARTS) is 1. The number of hydrogen-bond donors (Lipinski definition) is 1. The Morgan fingerprint density at radius 2 is 2.00 bits per heavy atom. The van der Waals surface area contributed by atoms with Crippen molar-refractivity contribution in [1.82, 2.24) is 4.90 Å². The average molecular weight is 300 g/mol. The number of carbonyl (C=O) groups is 2. The number of hydrogen-bond acceptors (Lipinski definition) is 2. The molecular weight excluding hydrogens is 286 g/mol. The third-order valence-electron chi connectivity index (χ3n) is 2.61. The zero-order chi connectivity index (χ0) is 13.2. The number of carbonyl (C=O) groups excluding carboxylic acids is 1. The summed E-state index contributed by atoms with van der Waals surface area (Å²) in [7, 11) is 1.48. The third-order valence-corrected chi connectivity index (χ3v) is 3.27. The number of rotatable bonds is 3. The summed E-state index contributed by atoms with van der Waals surface area (Å²) in [5.41, 5.74) is 1.49. The van der Waals surface area contributed by atoms with E-state index in [2.05, 4.69) is 15.9 Å². The van der Waals surface area contributed by atoms with Gasteiger partial charge < -0.3 is 10.0 Å². The van der Waals surface area contributed by atoms with Crippen molar-refractivity contribution >= 4 is 27.8 Å². The maximum absolute atomic E-state index is 12.1. The van der Waals surface area contributed by atoms with Crippen molar-refractivity contribution in [3.8, 4) is 0 Å². The fourth-order valence-corrected chi connectivity index (χ4v) is 1.99. The van der Waals surface area contributed by atoms with Crippen LogP contribution >= 0.6 is 15.9 Å². The lowest BCUT2D eigenvalue weighted by molar-refractivity contribution is -0.141. The highest BCUT2D eigenvalue weighted by Gasteiger charge is 2.23. The Balaban J connectivity index is 3.00. The molecule has 1 atom stereocenters. The second-order valence-electron chi connectivity index (χ2n) is 3.91. The average Bonchev–Trinajstić information content (AvgIpc) is 2.26. The fourth-order valence-electron chi connectivity index (χ4n) is 1.33. The van der Waals surface area contributed by atoms with E-state index in [0.29, 0.717) is 10.0 Å². The molecule has 0 spiro atoms. The normalized spacial score (nSPS) is 12.0. The molecule has 1 unspecified atom stereocenters. The van der Waals surface area contributed by atoms with Gasteiger partial charge >= 0.3 is 5.97 Å². The monoisotopic (exact) mass is 299 g/mol. The van der Waals surface area contributed by atoms with Gasteiger partial charge in [0.25, 0.3) is 5.91 Å². The van der Waals surface area contributed by atoms with Crippen molar-refractivity contribution in [3.63, 3.8) is 0 Å². The predicted molar refractivity (Wildman–Crippen MR) is 68.1 cm³/mol. The maximum atomic E-state index is 12.1. The van der Waals surface area contributed by atoms with E-state index in [1.165, 1.54) is 18.9 Å². The Morgan fingerprint density at radius 3 is 2.47 bits per heavy atom. The molecule has 5 heteroatoms. The first-order valence-electron chi connectivity index (χ1n) is 5.10. The molecule has 4 nitrogen and oxygen atoms in total. The summed E-state index contributed by atoms with van der Waals surface area (Å²) in [6.07, 6.45) is 0. The number of nitrogens with zero attached hydrogens (tertiary/aromatic N) is 1. The molecule has 1 amide bonds. The molecule has 92 valence electrons. The Labute approximate surface area is 108 Å². The third kappa shape index (κ3) is 3.06. The predicted octanol–water partition coefficient (Wildman–Crippen LogP) is 2.30. The molecule has 1 aromatic rings. The van der Waals surface area contributed by atoms with E-state index < -0.39 is 12.0 Å². The van der Waals surface area contributed by atoms with Crippen molar-refractivity contribution < 1.29 is 14.7 Å². The standard InChI is InChI=1S/C12H14BrNO3/c1-7-4-5-9(10(13)6-7)11(15)14(3)8(2)12(16)17/h4-6,8H,1-3H3,(H,16,17). The van der Waals surface area contributed by atoms with Crippen molar-refractivity contribution in [2.24, 2.45) is 0 Å². The summed E-state index contributed by atoms with van der Waals surface area (Å²) >= 11 is 3.31. The van der Waals surface area contributed by atoms with Crippen LogP contribution in [0.4, 0.5) is 0 Å². The number of aryl methyl sites for hydroxylation is 1. The highest BCUT2D eigenvalue weighted by molar-refractivity contribution is 9.10. The number of aliphatic carboxylic acids is 1. The second kappa shape index (κ2) is 5.31. The van der Waals surface area contributed by atoms with Crippen LogP contribution in [0.25, 0.3) is 0 Å². The summed E-state index contributed by atoms with van der Waals surface area (Å²) in [4.78, 5) is 24.1. The van der Waals surface area contributed by atoms with E-state index in [0.717, 1.165) is 5.56 Å². The first-order valence-corrected chi connectivity index (χ1v) is 5.90. The first kappa shape index (κ1) is 13.7. The van der Waals surface area contributed by atoms with Gasteiger partial charge in [0.05, 0.1) is 5.56 Å². The van der Waals surface area contributed by atoms with Crippen molar-refractivity contribution in [2.45, 2.75) is 19.9 Å². The number of benzene rings is 1. The van der Waals surface area contributed by atoms with Gasteiger partial charge in [-0.05, 0) is 47.5 Å². The molecule has 0 saturated carbocycles. The van der Waals surface area contributed by atoms with Crippen molar-refractivity contribution in [1.29, 1.82) is 0 Å². The largest absolute Gasteiger partial charge is 0.480 e. The smallest absolute Gasteiger partial charge is 0.326 e. The Bertz CT molecular complexity index is 459. The molecule has 0 bridgehead atoms. The maximum Gasteiger partial charge on any atom is 0.326 e. The van der Waals surface area contributed by atoms with Crippen LogP contribution in [0.5, 0.6) is 0 Å². The number of carboxylic acids is 1. The molecule has 0 heterocycles. The minimum atomic E-state index is -1.02. The van der Waals surface area contributed by atoms with Gasteiger partial charge in [0.15, 0.2) is 0 Å². The van der Waals surface area contributed by atoms with E-state index in [4.69, 9.17) is 5.11 Å². The molecule has 0 aromatic heterocycles. The SMILES string of the molecule is Cc1ccc(C(=O)N(C)C(C)C(=O)O)c(Br)c1. The summed E-state index contributed by atoms with van der Waals surface area (Å²) in [6, 6.07) is 4.48. The molecule has 17 heavy (non-hydrogen) atoms. The summed E-state index contributed by atoms with van der Waals surface area (Å²) in [5.74, 6) is -1.34. The summed E-state index contributed by atoms with van der Waals surface area (Å²) < 4.78 is 0.673. The van der Waals surface area contributed by atoms with Crippen molar-refractivity contribution in [3.05, 3.63) is 33.8 Å². The molecule has 1 aromatic carbocycles. The molecule has 0 saturated heterocycles. The lowest BCUT2D eigenvalue weighted by atomic mass is 10.1. The van der Waals surface area contributed by atoms with Crippen LogP contribution < -0.4 is 0 Å². The summed E-state index contributed by atoms with van der Waals surface area (Å²) in [5, 5.41) is 8.86. The number of likely N-dealkylation sites (N-methyl/N-ethyl adjacent to an activating group) is 1. The molecule has 1 N–H and O–H groups in total. The minimum Gasteiger partial charge on any atom is -0.480 e. The quantitative estimate of drug-likeness (QED) is 0.932. The molecule has 1 rings (SSSR count). The number of amides is 1. The van der Waals surface area contributed by atoms with Gasteiger partial charge in [0.2, 0.25) is 0 Å². The van der Waals surface area contributed by atoms with Gasteiger partial charge in [-0.15, -0.1) is 0 Å². The summed E-state index contributed by atoms with van der Waals surface area (Å²) in [6.45, 7) is 3.39. The molecule has 0 aliphatic heterocycles. The van der Waals surface area contributed by atoms with E-state index >= 15 is 0 Å². The van der Waals surface area contributed by atoms with Crippen LogP contribution in [0.15, 0.2) is 22.7 Å². The fraction of sp³-hybridized carbons (Fsp3) is 0.333. The number of halogens is 1. The van der Waals surface area contributed by atoms with Crippen LogP contribution in [0, 0.1) is 6.92 Å². The zero-order valence-corrected chi connectivity index (χ0v) is 11.5. The van der Waals surface area contributed by atoms with Gasteiger partial charge in [-0.1, -0.05) is 6.07 Å². The molecule has 0 aliphatic carbocycles. The highest BCUT2D eigenvalue weighted by atomic mass is 79.9. The lowest BCUT2D eigenvalue weighted by Crippen LogP contribution is -2.40. The minimum absolute atomic E-state index is 0.313. The van der Waals surface area contributed by atoms with Gasteiger partial charge in [0, 0.05) is 11.5 Å². The second-order valence-corrected chi connectivity index (χ2v) is 4.77. The van der Waals surface area contributed by atoms with Crippen LogP contribution in [-0.2, 0) is 4.79 Å². The van der Waals surface area contributed by atoms with Crippen LogP contribution in [0.1, 0.15) is 22.8 Å². The molecule has 0 fully saturated rings. The topological polar surface area (TPSA) is 57.6 Å². The van der Waals surface area contributed by atoms with Crippen LogP contribution in [0.3, 0.4) is 0 Å². The molecule has 0 aliphatic rings. The Kier molecular flexibility index (Phi) is 4.28. The van der Waals surface area contributed by atoms with E-state index in [9.17, 15) is 9.59 Å². The van der Waals surface area contributed by atoms with Gasteiger partial charge in [0.1, 0.15) is 6.04 Å². The zero-order valence-electron chi connectivity index (χ0n) is 9.90. The molecular formula is C12H14BrNO3. The van der Waals surface area contributed by atoms with Crippen LogP contribution in [0.2, 0.25) is 0 Å². The van der Waals surface area contributed by atoms with E-state index in [1.807, 2.05) is 19.1 Å². The first-order chi connectivity index (χ1) is 7.84. The van der Waals surface area contributed by atoms with Gasteiger partial charge in [-0.3, -0.25) is 4.79 Å². The van der Waals surface area contributed by atoms with Gasteiger partial charge in [-0.25, -0.2) is 4.79 Å². The lowest BCUT2D eigenvalue weighted by Gasteiger charge is -2.22. The van der Waals surface area contributed by atoms with E-state index in [1.54, 1.807) is 6.07 Å². The van der Waals surface area contributed by atoms with Crippen LogP contribution in [-0.4, -0.2) is 35.0 Å².